The number of carbonyl (C=O) groups excluding carboxylic acids is 1. The van der Waals surface area contributed by atoms with Gasteiger partial charge in [-0.3, -0.25) is 9.98 Å². The third kappa shape index (κ3) is 3.62. The van der Waals surface area contributed by atoms with Gasteiger partial charge in [0.2, 0.25) is 0 Å². The van der Waals surface area contributed by atoms with E-state index in [2.05, 4.69) is 15.0 Å². The van der Waals surface area contributed by atoms with Crippen LogP contribution in [0.2, 0.25) is 0 Å². The van der Waals surface area contributed by atoms with Gasteiger partial charge in [-0.2, -0.15) is 0 Å². The van der Waals surface area contributed by atoms with Crippen LogP contribution in [-0.4, -0.2) is 37.9 Å². The molecule has 0 fully saturated rings. The fraction of sp³-hybridized carbons (Fsp3) is 0.231. The average molecular weight is 243 g/mol. The lowest BCUT2D eigenvalue weighted by molar-refractivity contribution is -0.134. The number of fused-ring (bicyclic) bond motifs is 1. The smallest absolute Gasteiger partial charge is 0.349 e. The Hall–Kier alpha value is -2.30. The summed E-state index contributed by atoms with van der Waals surface area (Å²) in [6, 6.07) is 7.74. The van der Waals surface area contributed by atoms with Crippen molar-refractivity contribution in [2.24, 2.45) is 15.0 Å². The van der Waals surface area contributed by atoms with Crippen molar-refractivity contribution in [2.45, 2.75) is 6.54 Å². The van der Waals surface area contributed by atoms with E-state index in [0.29, 0.717) is 13.1 Å². The maximum absolute atomic E-state index is 11.2. The third-order valence-corrected chi connectivity index (χ3v) is 2.34. The second-order valence-corrected chi connectivity index (χ2v) is 3.64. The summed E-state index contributed by atoms with van der Waals surface area (Å²) >= 11 is 0. The molecule has 0 N–H and O–H groups in total. The SMILES string of the molecule is O=C1/C=N/Cc2ccccc2/C=N/C=N/CCO1. The topological polar surface area (TPSA) is 63.4 Å². The molecular formula is C13H13N3O2. The van der Waals surface area contributed by atoms with Gasteiger partial charge in [0.1, 0.15) is 19.2 Å². The van der Waals surface area contributed by atoms with E-state index in [1.165, 1.54) is 12.6 Å². The van der Waals surface area contributed by atoms with Gasteiger partial charge >= 0.3 is 5.97 Å². The largest absolute Gasteiger partial charge is 0.459 e. The van der Waals surface area contributed by atoms with Crippen molar-refractivity contribution in [1.29, 1.82) is 0 Å². The minimum Gasteiger partial charge on any atom is -0.459 e. The molecule has 1 aliphatic rings. The molecule has 5 heteroatoms. The van der Waals surface area contributed by atoms with Crippen LogP contribution >= 0.6 is 0 Å². The van der Waals surface area contributed by atoms with Crippen molar-refractivity contribution in [3.05, 3.63) is 35.4 Å². The van der Waals surface area contributed by atoms with Crippen LogP contribution in [0.1, 0.15) is 11.1 Å². The van der Waals surface area contributed by atoms with Gasteiger partial charge in [0.25, 0.3) is 0 Å². The number of benzene rings is 1. The van der Waals surface area contributed by atoms with Crippen molar-refractivity contribution in [1.82, 2.24) is 0 Å². The molecule has 0 unspecified atom stereocenters. The fourth-order valence-electron chi connectivity index (χ4n) is 1.48. The van der Waals surface area contributed by atoms with Gasteiger partial charge in [-0.25, -0.2) is 9.79 Å². The normalized spacial score (nSPS) is 21.4. The van der Waals surface area contributed by atoms with E-state index < -0.39 is 5.97 Å². The molecule has 1 aromatic carbocycles. The quantitative estimate of drug-likeness (QED) is 0.644. The predicted octanol–water partition coefficient (Wildman–Crippen LogP) is 1.26. The number of cyclic esters (lactones) is 1. The Morgan fingerprint density at radius 1 is 1.11 bits per heavy atom. The van der Waals surface area contributed by atoms with Gasteiger partial charge in [0.15, 0.2) is 0 Å². The molecule has 2 rings (SSSR count). The molecular weight excluding hydrogens is 230 g/mol. The molecule has 5 nitrogen and oxygen atoms in total. The third-order valence-electron chi connectivity index (χ3n) is 2.34. The number of esters is 1. The fourth-order valence-corrected chi connectivity index (χ4v) is 1.48. The lowest BCUT2D eigenvalue weighted by atomic mass is 10.1. The zero-order valence-electron chi connectivity index (χ0n) is 9.82. The summed E-state index contributed by atoms with van der Waals surface area (Å²) in [5.41, 5.74) is 1.96. The molecule has 1 aromatic rings. The number of ether oxygens (including phenoxy) is 1. The van der Waals surface area contributed by atoms with Crippen LogP contribution in [0.4, 0.5) is 0 Å². The first-order valence-electron chi connectivity index (χ1n) is 5.62. The Bertz CT molecular complexity index is 507. The van der Waals surface area contributed by atoms with Crippen LogP contribution in [0.3, 0.4) is 0 Å². The first-order chi connectivity index (χ1) is 8.86. The molecule has 1 heterocycles. The minimum absolute atomic E-state index is 0.240. The summed E-state index contributed by atoms with van der Waals surface area (Å²) in [5.74, 6) is -0.442. The Morgan fingerprint density at radius 2 is 2.00 bits per heavy atom. The van der Waals surface area contributed by atoms with Crippen LogP contribution in [-0.2, 0) is 16.1 Å². The molecule has 0 aliphatic carbocycles. The van der Waals surface area contributed by atoms with Gasteiger partial charge < -0.3 is 4.74 Å². The first kappa shape index (κ1) is 12.2. The summed E-state index contributed by atoms with van der Waals surface area (Å²) in [5, 5.41) is 0. The van der Waals surface area contributed by atoms with Crippen LogP contribution < -0.4 is 0 Å². The molecule has 0 saturated heterocycles. The number of nitrogens with zero attached hydrogens (tertiary/aromatic N) is 3. The van der Waals surface area contributed by atoms with Crippen LogP contribution in [0.25, 0.3) is 0 Å². The van der Waals surface area contributed by atoms with Gasteiger partial charge in [0.05, 0.1) is 13.1 Å². The van der Waals surface area contributed by atoms with E-state index in [1.807, 2.05) is 24.3 Å². The molecule has 0 atom stereocenters. The zero-order valence-corrected chi connectivity index (χ0v) is 9.82. The summed E-state index contributed by atoms with van der Waals surface area (Å²) in [6.45, 7) is 1.07. The maximum atomic E-state index is 11.2. The van der Waals surface area contributed by atoms with E-state index in [1.54, 1.807) is 6.21 Å². The molecule has 92 valence electrons. The van der Waals surface area contributed by atoms with Crippen molar-refractivity contribution >= 4 is 24.7 Å². The predicted molar refractivity (Wildman–Crippen MR) is 70.6 cm³/mol. The van der Waals surface area contributed by atoms with Crippen molar-refractivity contribution in [3.63, 3.8) is 0 Å². The average Bonchev–Trinajstić information content (AvgIpc) is 2.40. The molecule has 0 amide bonds. The highest BCUT2D eigenvalue weighted by molar-refractivity contribution is 6.23. The van der Waals surface area contributed by atoms with Gasteiger partial charge in [-0.1, -0.05) is 24.3 Å². The molecule has 0 bridgehead atoms. The van der Waals surface area contributed by atoms with Crippen molar-refractivity contribution in [3.8, 4) is 0 Å². The van der Waals surface area contributed by atoms with E-state index in [9.17, 15) is 4.79 Å². The Morgan fingerprint density at radius 3 is 2.94 bits per heavy atom. The lowest BCUT2D eigenvalue weighted by Crippen LogP contribution is -2.08. The van der Waals surface area contributed by atoms with Crippen molar-refractivity contribution in [2.75, 3.05) is 13.2 Å². The van der Waals surface area contributed by atoms with Gasteiger partial charge in [-0.05, 0) is 11.1 Å². The Kier molecular flexibility index (Phi) is 4.35. The molecule has 0 saturated carbocycles. The molecule has 0 radical (unpaired) electrons. The van der Waals surface area contributed by atoms with E-state index in [-0.39, 0.29) is 6.61 Å². The van der Waals surface area contributed by atoms with Crippen LogP contribution in [0.15, 0.2) is 39.2 Å². The van der Waals surface area contributed by atoms with E-state index in [4.69, 9.17) is 4.74 Å². The summed E-state index contributed by atoms with van der Waals surface area (Å²) in [4.78, 5) is 23.4. The number of carbonyl (C=O) groups is 1. The second-order valence-electron chi connectivity index (χ2n) is 3.64. The molecule has 0 aromatic heterocycles. The number of hydrogen-bond donors (Lipinski definition) is 0. The minimum atomic E-state index is -0.442. The van der Waals surface area contributed by atoms with Gasteiger partial charge in [-0.15, -0.1) is 0 Å². The standard InChI is InChI=1S/C13H13N3O2/c17-13-9-15-7-11-3-1-2-4-12(11)8-16-10-14-5-6-18-13/h1-4,8-10H,5-7H2/b14-10+,15-9+,16-8+. The maximum Gasteiger partial charge on any atom is 0.349 e. The molecule has 1 aliphatic heterocycles. The van der Waals surface area contributed by atoms with Crippen molar-refractivity contribution < 1.29 is 9.53 Å². The lowest BCUT2D eigenvalue weighted by Gasteiger charge is -2.01. The summed E-state index contributed by atoms with van der Waals surface area (Å²) in [7, 11) is 0. The van der Waals surface area contributed by atoms with Gasteiger partial charge in [0, 0.05) is 6.21 Å². The zero-order chi connectivity index (χ0) is 12.6. The highest BCUT2D eigenvalue weighted by Gasteiger charge is 2.00. The Balaban J connectivity index is 2.24. The van der Waals surface area contributed by atoms with E-state index >= 15 is 0 Å². The second kappa shape index (κ2) is 6.44. The molecule has 18 heavy (non-hydrogen) atoms. The number of hydrogen-bond acceptors (Lipinski definition) is 5. The van der Waals surface area contributed by atoms with Crippen LogP contribution in [0, 0.1) is 0 Å². The summed E-state index contributed by atoms with van der Waals surface area (Å²) in [6.07, 6.45) is 4.40. The first-order valence-corrected chi connectivity index (χ1v) is 5.62. The highest BCUT2D eigenvalue weighted by atomic mass is 16.5. The summed E-state index contributed by atoms with van der Waals surface area (Å²) < 4.78 is 4.89. The monoisotopic (exact) mass is 243 g/mol. The molecule has 0 spiro atoms. The number of rotatable bonds is 0. The number of aliphatic imine (C=N–C) groups is 3. The van der Waals surface area contributed by atoms with E-state index in [0.717, 1.165) is 11.1 Å². The Labute approximate surface area is 105 Å². The highest BCUT2D eigenvalue weighted by Crippen LogP contribution is 2.07. The van der Waals surface area contributed by atoms with Crippen LogP contribution in [0.5, 0.6) is 0 Å².